The number of carbonyl (C=O) groups is 2. The molecule has 0 spiro atoms. The lowest BCUT2D eigenvalue weighted by molar-refractivity contribution is 0.0204. The van der Waals surface area contributed by atoms with Crippen molar-refractivity contribution in [2.24, 2.45) is 0 Å². The van der Waals surface area contributed by atoms with Crippen molar-refractivity contribution in [2.75, 3.05) is 20.2 Å². The van der Waals surface area contributed by atoms with Crippen LogP contribution < -0.4 is 4.74 Å². The van der Waals surface area contributed by atoms with Gasteiger partial charge in [0.25, 0.3) is 0 Å². The number of aromatic amines is 1. The molecule has 1 saturated heterocycles. The summed E-state index contributed by atoms with van der Waals surface area (Å²) < 4.78 is 12.8. The summed E-state index contributed by atoms with van der Waals surface area (Å²) in [7, 11) is 1.56. The summed E-state index contributed by atoms with van der Waals surface area (Å²) in [5.74, 6) is 0.0198. The second kappa shape index (κ2) is 9.94. The van der Waals surface area contributed by atoms with Crippen molar-refractivity contribution in [3.63, 3.8) is 0 Å². The van der Waals surface area contributed by atoms with E-state index in [0.29, 0.717) is 30.4 Å². The first-order valence-corrected chi connectivity index (χ1v) is 13.4. The molecule has 3 aromatic heterocycles. The van der Waals surface area contributed by atoms with E-state index < -0.39 is 11.6 Å². The molecule has 206 valence electrons. The monoisotopic (exact) mass is 532 g/mol. The number of imidazole rings is 1. The molecular weight excluding hydrogens is 496 g/mol. The number of fused-ring (bicyclic) bond motifs is 2. The number of likely N-dealkylation sites (tertiary alicyclic amines) is 1. The van der Waals surface area contributed by atoms with Crippen LogP contribution in [0.1, 0.15) is 80.9 Å². The number of carboxylic acid groups (broad SMARTS) is 1. The lowest BCUT2D eigenvalue weighted by atomic mass is 9.87. The molecule has 5 rings (SSSR count). The molecule has 1 aromatic carbocycles. The number of benzene rings is 1. The maximum atomic E-state index is 12.5. The molecule has 0 bridgehead atoms. The Kier molecular flexibility index (Phi) is 6.78. The van der Waals surface area contributed by atoms with Gasteiger partial charge in [-0.15, -0.1) is 0 Å². The normalized spacial score (nSPS) is 14.9. The number of carboxylic acids is 1. The fourth-order valence-electron chi connectivity index (χ4n) is 5.49. The van der Waals surface area contributed by atoms with E-state index in [1.165, 1.54) is 22.7 Å². The van der Waals surface area contributed by atoms with E-state index in [-0.39, 0.29) is 17.7 Å². The predicted octanol–water partition coefficient (Wildman–Crippen LogP) is 6.43. The number of H-pyrrole nitrogens is 1. The number of hydrogen-bond donors (Lipinski definition) is 2. The first-order valence-electron chi connectivity index (χ1n) is 13.4. The number of nitrogens with one attached hydrogen (secondary N) is 1. The summed E-state index contributed by atoms with van der Waals surface area (Å²) in [5.41, 5.74) is 5.30. The van der Waals surface area contributed by atoms with Crippen molar-refractivity contribution in [2.45, 2.75) is 64.9 Å². The average molecular weight is 533 g/mol. The minimum atomic E-state index is -1.08. The first-order chi connectivity index (χ1) is 18.4. The number of piperidine rings is 1. The second-order valence-electron chi connectivity index (χ2n) is 11.6. The quantitative estimate of drug-likeness (QED) is 0.307. The van der Waals surface area contributed by atoms with Gasteiger partial charge in [-0.2, -0.15) is 0 Å². The molecule has 0 radical (unpaired) electrons. The minimum Gasteiger partial charge on any atom is -0.493 e. The third-order valence-electron chi connectivity index (χ3n) is 7.30. The Labute approximate surface area is 227 Å². The highest BCUT2D eigenvalue weighted by molar-refractivity contribution is 5.92. The van der Waals surface area contributed by atoms with E-state index in [2.05, 4.69) is 42.0 Å². The zero-order valence-electron chi connectivity index (χ0n) is 23.4. The Balaban J connectivity index is 1.48. The average Bonchev–Trinajstić information content (AvgIpc) is 3.49. The molecule has 0 atom stereocenters. The maximum absolute atomic E-state index is 12.5. The largest absolute Gasteiger partial charge is 0.493 e. The summed E-state index contributed by atoms with van der Waals surface area (Å²) in [5, 5.41) is 10.6. The van der Waals surface area contributed by atoms with Gasteiger partial charge in [-0.3, -0.25) is 0 Å². The van der Waals surface area contributed by atoms with E-state index in [1.807, 2.05) is 37.9 Å². The van der Waals surface area contributed by atoms with Crippen LogP contribution in [0.3, 0.4) is 0 Å². The Bertz CT molecular complexity index is 1550. The van der Waals surface area contributed by atoms with Crippen LogP contribution in [-0.4, -0.2) is 62.2 Å². The summed E-state index contributed by atoms with van der Waals surface area (Å²) in [6.07, 6.45) is 4.93. The minimum absolute atomic E-state index is 0.0338. The summed E-state index contributed by atoms with van der Waals surface area (Å²) >= 11 is 0. The fraction of sp³-hybridized carbons (Fsp3) is 0.433. The van der Waals surface area contributed by atoms with Crippen LogP contribution in [0.2, 0.25) is 0 Å². The van der Waals surface area contributed by atoms with Crippen molar-refractivity contribution in [3.05, 3.63) is 53.5 Å². The smallest absolute Gasteiger partial charge is 0.410 e. The van der Waals surface area contributed by atoms with Crippen molar-refractivity contribution in [1.29, 1.82) is 0 Å². The zero-order chi connectivity index (χ0) is 28.1. The standard InChI is InChI=1S/C30H36N4O5/c1-17(2)25-21-13-19(18-9-11-33(12-10-18)29(37)39-30(3,4)5)7-8-22(21)31-26(25)20-14-24(38-6)27-32-23(28(35)36)16-34(27)15-20/h7-8,13-18,31H,9-12H2,1-6H3,(H,35,36). The van der Waals surface area contributed by atoms with Crippen LogP contribution in [0, 0.1) is 0 Å². The number of pyridine rings is 1. The highest BCUT2D eigenvalue weighted by Gasteiger charge is 2.28. The molecule has 9 nitrogen and oxygen atoms in total. The number of hydrogen-bond acceptors (Lipinski definition) is 5. The summed E-state index contributed by atoms with van der Waals surface area (Å²) in [6.45, 7) is 11.4. The molecule has 0 unspecified atom stereocenters. The maximum Gasteiger partial charge on any atom is 0.410 e. The van der Waals surface area contributed by atoms with Crippen molar-refractivity contribution in [3.8, 4) is 17.0 Å². The number of ether oxygens (including phenoxy) is 2. The van der Waals surface area contributed by atoms with Crippen LogP contribution in [0.25, 0.3) is 27.8 Å². The van der Waals surface area contributed by atoms with E-state index in [1.54, 1.807) is 11.5 Å². The van der Waals surface area contributed by atoms with Gasteiger partial charge in [0.15, 0.2) is 17.1 Å². The highest BCUT2D eigenvalue weighted by atomic mass is 16.6. The predicted molar refractivity (Wildman–Crippen MR) is 150 cm³/mol. The van der Waals surface area contributed by atoms with Crippen LogP contribution in [-0.2, 0) is 4.74 Å². The number of methoxy groups -OCH3 is 1. The van der Waals surface area contributed by atoms with Crippen molar-refractivity contribution < 1.29 is 24.2 Å². The van der Waals surface area contributed by atoms with Crippen molar-refractivity contribution >= 4 is 28.6 Å². The molecule has 4 aromatic rings. The number of carbonyl (C=O) groups excluding carboxylic acids is 1. The number of nitrogens with zero attached hydrogens (tertiary/aromatic N) is 3. The van der Waals surface area contributed by atoms with Gasteiger partial charge in [-0.05, 0) is 74.8 Å². The molecule has 1 amide bonds. The fourth-order valence-corrected chi connectivity index (χ4v) is 5.49. The Morgan fingerprint density at radius 1 is 1.13 bits per heavy atom. The van der Waals surface area contributed by atoms with Gasteiger partial charge in [0, 0.05) is 41.9 Å². The molecule has 9 heteroatoms. The SMILES string of the molecule is COc1cc(-c2[nH]c3ccc(C4CCN(C(=O)OC(C)(C)C)CC4)cc3c2C(C)C)cn2cc(C(=O)O)nc12. The van der Waals surface area contributed by atoms with Crippen LogP contribution >= 0.6 is 0 Å². The number of amides is 1. The van der Waals surface area contributed by atoms with E-state index in [9.17, 15) is 14.7 Å². The Hall–Kier alpha value is -4.01. The number of aromatic nitrogens is 3. The number of rotatable bonds is 5. The lowest BCUT2D eigenvalue weighted by Gasteiger charge is -2.33. The molecule has 4 heterocycles. The molecule has 1 aliphatic heterocycles. The zero-order valence-corrected chi connectivity index (χ0v) is 23.4. The second-order valence-corrected chi connectivity index (χ2v) is 11.6. The van der Waals surface area contributed by atoms with Gasteiger partial charge in [0.05, 0.1) is 12.8 Å². The Morgan fingerprint density at radius 2 is 1.85 bits per heavy atom. The van der Waals surface area contributed by atoms with Gasteiger partial charge in [-0.1, -0.05) is 19.9 Å². The molecule has 1 aliphatic rings. The topological polar surface area (TPSA) is 109 Å². The highest BCUT2D eigenvalue weighted by Crippen LogP contribution is 2.39. The molecule has 2 N–H and O–H groups in total. The van der Waals surface area contributed by atoms with Gasteiger partial charge in [0.2, 0.25) is 0 Å². The van der Waals surface area contributed by atoms with Crippen LogP contribution in [0.4, 0.5) is 4.79 Å². The molecule has 0 aliphatic carbocycles. The van der Waals surface area contributed by atoms with E-state index in [4.69, 9.17) is 9.47 Å². The number of aromatic carboxylic acids is 1. The van der Waals surface area contributed by atoms with E-state index >= 15 is 0 Å². The molecule has 0 saturated carbocycles. The van der Waals surface area contributed by atoms with Gasteiger partial charge < -0.3 is 28.9 Å². The third kappa shape index (κ3) is 5.17. The summed E-state index contributed by atoms with van der Waals surface area (Å²) in [6, 6.07) is 8.50. The van der Waals surface area contributed by atoms with Crippen LogP contribution in [0.15, 0.2) is 36.7 Å². The van der Waals surface area contributed by atoms with Gasteiger partial charge in [-0.25, -0.2) is 14.6 Å². The lowest BCUT2D eigenvalue weighted by Crippen LogP contribution is -2.41. The first kappa shape index (κ1) is 26.6. The van der Waals surface area contributed by atoms with Crippen LogP contribution in [0.5, 0.6) is 5.75 Å². The molecule has 39 heavy (non-hydrogen) atoms. The van der Waals surface area contributed by atoms with E-state index in [0.717, 1.165) is 29.6 Å². The van der Waals surface area contributed by atoms with Gasteiger partial charge in [0.1, 0.15) is 5.60 Å². The van der Waals surface area contributed by atoms with Gasteiger partial charge >= 0.3 is 12.1 Å². The van der Waals surface area contributed by atoms with Crippen molar-refractivity contribution in [1.82, 2.24) is 19.3 Å². The molecule has 1 fully saturated rings. The molecular formula is C30H36N4O5. The Morgan fingerprint density at radius 3 is 2.46 bits per heavy atom. The third-order valence-corrected chi connectivity index (χ3v) is 7.30. The summed E-state index contributed by atoms with van der Waals surface area (Å²) in [4.78, 5) is 33.6.